The van der Waals surface area contributed by atoms with E-state index in [1.165, 1.54) is 35.0 Å². The van der Waals surface area contributed by atoms with Crippen molar-refractivity contribution < 1.29 is 4.74 Å². The summed E-state index contributed by atoms with van der Waals surface area (Å²) in [4.78, 5) is 3.58. The predicted molar refractivity (Wildman–Crippen MR) is 70.8 cm³/mol. The fourth-order valence-corrected chi connectivity index (χ4v) is 2.88. The Morgan fingerprint density at radius 2 is 2.18 bits per heavy atom. The fraction of sp³-hybridized carbons (Fsp3) is 0.467. The van der Waals surface area contributed by atoms with Gasteiger partial charge in [0.05, 0.1) is 6.61 Å². The van der Waals surface area contributed by atoms with Crippen LogP contribution in [0.4, 0.5) is 0 Å². The second-order valence-electron chi connectivity index (χ2n) is 5.50. The van der Waals surface area contributed by atoms with Crippen LogP contribution in [-0.2, 0) is 11.8 Å². The van der Waals surface area contributed by atoms with Gasteiger partial charge in [0.25, 0.3) is 0 Å². The minimum atomic E-state index is 0.292. The molecule has 2 heteroatoms. The molecule has 1 aliphatic rings. The maximum Gasteiger partial charge on any atom is 0.120 e. The Bertz CT molecular complexity index is 566. The molecule has 17 heavy (non-hydrogen) atoms. The number of H-pyrrole nitrogens is 1. The van der Waals surface area contributed by atoms with Crippen molar-refractivity contribution in [1.82, 2.24) is 4.98 Å². The highest BCUT2D eigenvalue weighted by Gasteiger charge is 2.32. The summed E-state index contributed by atoms with van der Waals surface area (Å²) in [5, 5.41) is 1.34. The van der Waals surface area contributed by atoms with Crippen LogP contribution in [0.15, 0.2) is 18.2 Å². The van der Waals surface area contributed by atoms with Crippen LogP contribution in [-0.4, -0.2) is 11.6 Å². The van der Waals surface area contributed by atoms with Crippen LogP contribution in [0.2, 0.25) is 0 Å². The second-order valence-corrected chi connectivity index (χ2v) is 5.50. The average Bonchev–Trinajstić information content (AvgIpc) is 2.78. The summed E-state index contributed by atoms with van der Waals surface area (Å²) in [5.74, 6) is 0.978. The Morgan fingerprint density at radius 1 is 1.35 bits per heavy atom. The van der Waals surface area contributed by atoms with Crippen LogP contribution in [0.25, 0.3) is 10.9 Å². The molecule has 0 bridgehead atoms. The van der Waals surface area contributed by atoms with Gasteiger partial charge in [0.2, 0.25) is 0 Å². The molecule has 90 valence electrons. The quantitative estimate of drug-likeness (QED) is 0.832. The maximum absolute atomic E-state index is 5.58. The Labute approximate surface area is 102 Å². The Kier molecular flexibility index (Phi) is 2.22. The summed E-state index contributed by atoms with van der Waals surface area (Å²) in [6.45, 7) is 7.38. The zero-order chi connectivity index (χ0) is 12.0. The molecule has 1 heterocycles. The molecule has 0 spiro atoms. The third-order valence-electron chi connectivity index (χ3n) is 3.87. The number of hydrogen-bond donors (Lipinski definition) is 1. The van der Waals surface area contributed by atoms with Gasteiger partial charge in [-0.15, -0.1) is 0 Å². The summed E-state index contributed by atoms with van der Waals surface area (Å²) in [5.41, 5.74) is 4.44. The van der Waals surface area contributed by atoms with Gasteiger partial charge in [-0.2, -0.15) is 0 Å². The van der Waals surface area contributed by atoms with Gasteiger partial charge in [-0.1, -0.05) is 13.8 Å². The number of ether oxygens (including phenoxy) is 1. The minimum Gasteiger partial charge on any atom is -0.494 e. The maximum atomic E-state index is 5.58. The van der Waals surface area contributed by atoms with Crippen molar-refractivity contribution in [2.75, 3.05) is 6.61 Å². The van der Waals surface area contributed by atoms with E-state index in [0.29, 0.717) is 5.41 Å². The standard InChI is InChI=1S/C15H19NO/c1-4-17-10-5-6-13-12(9-10)11-7-8-15(2,3)14(11)16-13/h5-6,9,16H,4,7-8H2,1-3H3. The molecule has 3 rings (SSSR count). The SMILES string of the molecule is CCOc1ccc2[nH]c3c(c2c1)CCC3(C)C. The van der Waals surface area contributed by atoms with Crippen LogP contribution in [0.3, 0.4) is 0 Å². The molecule has 0 amide bonds. The molecule has 0 aliphatic heterocycles. The molecule has 2 nitrogen and oxygen atoms in total. The lowest BCUT2D eigenvalue weighted by Gasteiger charge is -2.16. The summed E-state index contributed by atoms with van der Waals surface area (Å²) < 4.78 is 5.58. The molecule has 2 aromatic rings. The molecular formula is C15H19NO. The first-order chi connectivity index (χ1) is 8.12. The van der Waals surface area contributed by atoms with Crippen LogP contribution in [0, 0.1) is 0 Å². The van der Waals surface area contributed by atoms with E-state index in [2.05, 4.69) is 31.0 Å². The van der Waals surface area contributed by atoms with Crippen LogP contribution in [0.1, 0.15) is 38.4 Å². The number of fused-ring (bicyclic) bond motifs is 3. The van der Waals surface area contributed by atoms with E-state index in [9.17, 15) is 0 Å². The predicted octanol–water partition coefficient (Wildman–Crippen LogP) is 3.79. The van der Waals surface area contributed by atoms with E-state index >= 15 is 0 Å². The smallest absolute Gasteiger partial charge is 0.120 e. The average molecular weight is 229 g/mol. The van der Waals surface area contributed by atoms with Crippen molar-refractivity contribution in [1.29, 1.82) is 0 Å². The second kappa shape index (κ2) is 3.52. The molecule has 0 unspecified atom stereocenters. The summed E-state index contributed by atoms with van der Waals surface area (Å²) in [7, 11) is 0. The van der Waals surface area contributed by atoms with Gasteiger partial charge in [0, 0.05) is 22.0 Å². The first-order valence-corrected chi connectivity index (χ1v) is 6.40. The lowest BCUT2D eigenvalue weighted by atomic mass is 9.91. The Balaban J connectivity index is 2.18. The van der Waals surface area contributed by atoms with Crippen molar-refractivity contribution in [3.05, 3.63) is 29.5 Å². The molecule has 1 N–H and O–H groups in total. The van der Waals surface area contributed by atoms with E-state index in [4.69, 9.17) is 4.74 Å². The molecule has 0 saturated heterocycles. The first-order valence-electron chi connectivity index (χ1n) is 6.40. The molecule has 1 aromatic carbocycles. The van der Waals surface area contributed by atoms with Gasteiger partial charge in [0.15, 0.2) is 0 Å². The number of rotatable bonds is 2. The van der Waals surface area contributed by atoms with Gasteiger partial charge in [-0.25, -0.2) is 0 Å². The monoisotopic (exact) mass is 229 g/mol. The van der Waals surface area contributed by atoms with E-state index in [1.807, 2.05) is 13.0 Å². The summed E-state index contributed by atoms with van der Waals surface area (Å²) in [6.07, 6.45) is 2.42. The molecule has 1 aliphatic carbocycles. The van der Waals surface area contributed by atoms with E-state index < -0.39 is 0 Å². The molecule has 0 fully saturated rings. The first kappa shape index (κ1) is 10.7. The zero-order valence-corrected chi connectivity index (χ0v) is 10.8. The topological polar surface area (TPSA) is 25.0 Å². The highest BCUT2D eigenvalue weighted by atomic mass is 16.5. The highest BCUT2D eigenvalue weighted by molar-refractivity contribution is 5.87. The molecule has 0 atom stereocenters. The third kappa shape index (κ3) is 1.54. The van der Waals surface area contributed by atoms with Crippen molar-refractivity contribution in [3.8, 4) is 5.75 Å². The number of benzene rings is 1. The Morgan fingerprint density at radius 3 is 2.94 bits per heavy atom. The minimum absolute atomic E-state index is 0.292. The number of aromatic amines is 1. The molecule has 1 aromatic heterocycles. The van der Waals surface area contributed by atoms with Crippen molar-refractivity contribution in [2.45, 2.75) is 39.0 Å². The van der Waals surface area contributed by atoms with Crippen LogP contribution in [0.5, 0.6) is 5.75 Å². The van der Waals surface area contributed by atoms with Gasteiger partial charge >= 0.3 is 0 Å². The van der Waals surface area contributed by atoms with Crippen molar-refractivity contribution >= 4 is 10.9 Å². The number of nitrogens with one attached hydrogen (secondary N) is 1. The van der Waals surface area contributed by atoms with Crippen molar-refractivity contribution in [3.63, 3.8) is 0 Å². The highest BCUT2D eigenvalue weighted by Crippen LogP contribution is 2.42. The van der Waals surface area contributed by atoms with Crippen LogP contribution >= 0.6 is 0 Å². The zero-order valence-electron chi connectivity index (χ0n) is 10.8. The van der Waals surface area contributed by atoms with Crippen molar-refractivity contribution in [2.24, 2.45) is 0 Å². The fourth-order valence-electron chi connectivity index (χ4n) is 2.88. The van der Waals surface area contributed by atoms with Gasteiger partial charge in [-0.05, 0) is 43.5 Å². The molecule has 0 radical (unpaired) electrons. The van der Waals surface area contributed by atoms with Crippen LogP contribution < -0.4 is 4.74 Å². The molecule has 0 saturated carbocycles. The summed E-state index contributed by atoms with van der Waals surface area (Å²) >= 11 is 0. The largest absolute Gasteiger partial charge is 0.494 e. The van der Waals surface area contributed by atoms with Gasteiger partial charge in [-0.3, -0.25) is 0 Å². The Hall–Kier alpha value is -1.44. The lowest BCUT2D eigenvalue weighted by molar-refractivity contribution is 0.340. The lowest BCUT2D eigenvalue weighted by Crippen LogP contribution is -2.12. The van der Waals surface area contributed by atoms with E-state index in [-0.39, 0.29) is 0 Å². The molecular weight excluding hydrogens is 210 g/mol. The van der Waals surface area contributed by atoms with E-state index in [0.717, 1.165) is 12.4 Å². The number of hydrogen-bond acceptors (Lipinski definition) is 1. The van der Waals surface area contributed by atoms with E-state index in [1.54, 1.807) is 0 Å². The van der Waals surface area contributed by atoms with Gasteiger partial charge < -0.3 is 9.72 Å². The number of aryl methyl sites for hydroxylation is 1. The summed E-state index contributed by atoms with van der Waals surface area (Å²) in [6, 6.07) is 6.36. The van der Waals surface area contributed by atoms with Gasteiger partial charge in [0.1, 0.15) is 5.75 Å². The third-order valence-corrected chi connectivity index (χ3v) is 3.87. The number of aromatic nitrogens is 1. The normalized spacial score (nSPS) is 17.4.